The maximum absolute atomic E-state index is 11.5. The van der Waals surface area contributed by atoms with Crippen LogP contribution < -0.4 is 9.62 Å². The third-order valence-corrected chi connectivity index (χ3v) is 8.05. The molecule has 1 aromatic heterocycles. The summed E-state index contributed by atoms with van der Waals surface area (Å²) in [5.41, 5.74) is 3.51. The molecular weight excluding hydrogens is 498 g/mol. The predicted octanol–water partition coefficient (Wildman–Crippen LogP) is 4.34. The number of piperidine rings is 1. The zero-order valence-electron chi connectivity index (χ0n) is 21.2. The van der Waals surface area contributed by atoms with Crippen molar-refractivity contribution in [1.82, 2.24) is 14.8 Å². The van der Waals surface area contributed by atoms with E-state index in [1.807, 2.05) is 0 Å². The Bertz CT molecular complexity index is 1180. The van der Waals surface area contributed by atoms with Crippen LogP contribution in [0.15, 0.2) is 42.8 Å². The fourth-order valence-electron chi connectivity index (χ4n) is 5.34. The van der Waals surface area contributed by atoms with Gasteiger partial charge in [0, 0.05) is 50.4 Å². The quantitative estimate of drug-likeness (QED) is 0.512. The number of anilines is 2. The number of benzene rings is 1. The van der Waals surface area contributed by atoms with Gasteiger partial charge in [-0.15, -0.1) is 0 Å². The zero-order chi connectivity index (χ0) is 25.9. The molecule has 196 valence electrons. The molecule has 0 unspecified atom stereocenters. The minimum atomic E-state index is -3.38. The summed E-state index contributed by atoms with van der Waals surface area (Å²) < 4.78 is 25.4. The summed E-state index contributed by atoms with van der Waals surface area (Å²) in [6.07, 6.45) is 6.98. The Kier molecular flexibility index (Phi) is 8.32. The van der Waals surface area contributed by atoms with Gasteiger partial charge in [0.15, 0.2) is 0 Å². The molecular formula is C26H36ClN5O3S. The lowest BCUT2D eigenvalue weighted by Crippen LogP contribution is -2.58. The molecule has 2 aliphatic rings. The Balaban J connectivity index is 1.38. The van der Waals surface area contributed by atoms with E-state index in [1.54, 1.807) is 6.07 Å². The van der Waals surface area contributed by atoms with E-state index in [1.165, 1.54) is 18.0 Å². The van der Waals surface area contributed by atoms with Crippen LogP contribution in [0.25, 0.3) is 5.70 Å². The Morgan fingerprint density at radius 1 is 1.19 bits per heavy atom. The molecule has 1 aromatic carbocycles. The molecule has 0 radical (unpaired) electrons. The van der Waals surface area contributed by atoms with E-state index in [9.17, 15) is 13.5 Å². The largest absolute Gasteiger partial charge is 0.513 e. The van der Waals surface area contributed by atoms with Crippen molar-refractivity contribution in [2.45, 2.75) is 45.2 Å². The highest BCUT2D eigenvalue weighted by atomic mass is 35.5. The lowest BCUT2D eigenvalue weighted by Gasteiger charge is -2.48. The average molecular weight is 534 g/mol. The van der Waals surface area contributed by atoms with Crippen LogP contribution in [0.4, 0.5) is 11.5 Å². The Labute approximate surface area is 219 Å². The number of likely N-dealkylation sites (tertiary alicyclic amines) is 1. The van der Waals surface area contributed by atoms with Crippen LogP contribution >= 0.6 is 11.6 Å². The first kappa shape index (κ1) is 26.6. The number of hydrogen-bond acceptors (Lipinski definition) is 7. The number of nitrogens with zero attached hydrogens (tertiary/aromatic N) is 4. The number of pyridine rings is 1. The van der Waals surface area contributed by atoms with E-state index >= 15 is 0 Å². The molecule has 2 fully saturated rings. The van der Waals surface area contributed by atoms with Crippen LogP contribution in [-0.4, -0.2) is 79.4 Å². The fourth-order valence-corrected chi connectivity index (χ4v) is 6.17. The molecule has 36 heavy (non-hydrogen) atoms. The summed E-state index contributed by atoms with van der Waals surface area (Å²) in [5.74, 6) is 0.694. The van der Waals surface area contributed by atoms with Gasteiger partial charge in [-0.05, 0) is 32.3 Å². The summed E-state index contributed by atoms with van der Waals surface area (Å²) in [7, 11) is -3.38. The fraction of sp³-hybridized carbons (Fsp3) is 0.500. The van der Waals surface area contributed by atoms with Gasteiger partial charge >= 0.3 is 0 Å². The van der Waals surface area contributed by atoms with Crippen molar-refractivity contribution in [2.75, 3.05) is 48.6 Å². The van der Waals surface area contributed by atoms with Gasteiger partial charge in [-0.25, -0.2) is 13.4 Å². The Morgan fingerprint density at radius 3 is 2.47 bits per heavy atom. The normalized spacial score (nSPS) is 20.6. The second-order valence-electron chi connectivity index (χ2n) is 9.75. The van der Waals surface area contributed by atoms with Crippen LogP contribution in [0.2, 0.25) is 5.02 Å². The lowest BCUT2D eigenvalue weighted by atomic mass is 9.97. The second-order valence-corrected chi connectivity index (χ2v) is 11.9. The number of sulfonamides is 1. The monoisotopic (exact) mass is 533 g/mol. The second kappa shape index (κ2) is 11.3. The first-order valence-corrected chi connectivity index (χ1v) is 14.8. The molecule has 0 amide bonds. The number of aliphatic hydroxyl groups is 1. The third-order valence-electron chi connectivity index (χ3n) is 7.17. The molecule has 0 aliphatic carbocycles. The number of nitrogens with one attached hydrogen (secondary N) is 1. The molecule has 0 spiro atoms. The summed E-state index contributed by atoms with van der Waals surface area (Å²) in [4.78, 5) is 11.6. The van der Waals surface area contributed by atoms with Crippen LogP contribution in [0.5, 0.6) is 0 Å². The van der Waals surface area contributed by atoms with E-state index < -0.39 is 10.0 Å². The van der Waals surface area contributed by atoms with Gasteiger partial charge in [0.2, 0.25) is 10.0 Å². The number of aliphatic hydroxyl groups excluding tert-OH is 1. The Hall–Kier alpha value is -2.49. The number of aryl methyl sites for hydroxylation is 1. The number of halogens is 1. The first-order chi connectivity index (χ1) is 17.2. The highest BCUT2D eigenvalue weighted by Crippen LogP contribution is 2.32. The molecule has 2 saturated heterocycles. The highest BCUT2D eigenvalue weighted by Gasteiger charge is 2.34. The Morgan fingerprint density at radius 2 is 1.89 bits per heavy atom. The van der Waals surface area contributed by atoms with E-state index in [0.717, 1.165) is 69.5 Å². The molecule has 2 aromatic rings. The number of aromatic nitrogens is 1. The molecule has 2 aliphatic heterocycles. The first-order valence-electron chi connectivity index (χ1n) is 12.5. The van der Waals surface area contributed by atoms with Gasteiger partial charge < -0.3 is 14.9 Å². The van der Waals surface area contributed by atoms with Crippen molar-refractivity contribution < 1.29 is 13.5 Å². The topological polar surface area (TPSA) is 89.0 Å². The van der Waals surface area contributed by atoms with Crippen molar-refractivity contribution in [3.8, 4) is 0 Å². The molecule has 8 nitrogen and oxygen atoms in total. The van der Waals surface area contributed by atoms with E-state index in [2.05, 4.69) is 62.5 Å². The van der Waals surface area contributed by atoms with E-state index in [0.29, 0.717) is 28.6 Å². The predicted molar refractivity (Wildman–Crippen MR) is 147 cm³/mol. The van der Waals surface area contributed by atoms with Gasteiger partial charge in [-0.3, -0.25) is 9.62 Å². The summed E-state index contributed by atoms with van der Waals surface area (Å²) in [6, 6.07) is 10.8. The molecule has 10 heteroatoms. The summed E-state index contributed by atoms with van der Waals surface area (Å²) >= 11 is 6.50. The molecule has 2 N–H and O–H groups in total. The number of rotatable bonds is 7. The number of piperazine rings is 1. The van der Waals surface area contributed by atoms with Gasteiger partial charge in [-0.2, -0.15) is 0 Å². The van der Waals surface area contributed by atoms with Gasteiger partial charge in [0.05, 0.1) is 28.9 Å². The molecule has 4 rings (SSSR count). The van der Waals surface area contributed by atoms with Crippen molar-refractivity contribution in [1.29, 1.82) is 0 Å². The summed E-state index contributed by atoms with van der Waals surface area (Å²) in [6.45, 7) is 8.66. The van der Waals surface area contributed by atoms with Crippen molar-refractivity contribution in [3.05, 3.63) is 58.9 Å². The lowest BCUT2D eigenvalue weighted by molar-refractivity contribution is 0.0763. The SMILES string of the molecule is CC[C@H]1CN(c2ncc(NS(C)(=O)=O)cc2Cl)CCN1C1CCN(/C(=C\O)c2ccc(C)cc2)CC1. The van der Waals surface area contributed by atoms with Crippen LogP contribution in [0.1, 0.15) is 37.3 Å². The van der Waals surface area contributed by atoms with Crippen LogP contribution in [0.3, 0.4) is 0 Å². The van der Waals surface area contributed by atoms with Gasteiger partial charge in [0.1, 0.15) is 12.1 Å². The third kappa shape index (κ3) is 6.25. The summed E-state index contributed by atoms with van der Waals surface area (Å²) in [5, 5.41) is 10.4. The van der Waals surface area contributed by atoms with E-state index in [4.69, 9.17) is 11.6 Å². The molecule has 0 saturated carbocycles. The standard InChI is InChI=1S/C26H36ClN5O3S/c1-4-22-17-31(26-24(27)15-21(16-28-26)29-36(3,34)35)13-14-32(22)23-9-11-30(12-10-23)25(18-33)20-7-5-19(2)6-8-20/h5-8,15-16,18,22-23,29,33H,4,9-14,17H2,1-3H3/b25-18-/t22-/m0/s1. The van der Waals surface area contributed by atoms with Gasteiger partial charge in [0.25, 0.3) is 0 Å². The van der Waals surface area contributed by atoms with Crippen molar-refractivity contribution in [3.63, 3.8) is 0 Å². The smallest absolute Gasteiger partial charge is 0.229 e. The molecule has 3 heterocycles. The van der Waals surface area contributed by atoms with Crippen LogP contribution in [0, 0.1) is 6.92 Å². The zero-order valence-corrected chi connectivity index (χ0v) is 22.8. The van der Waals surface area contributed by atoms with Gasteiger partial charge in [-0.1, -0.05) is 48.4 Å². The average Bonchev–Trinajstić information content (AvgIpc) is 2.85. The maximum Gasteiger partial charge on any atom is 0.229 e. The van der Waals surface area contributed by atoms with E-state index in [-0.39, 0.29) is 0 Å². The van der Waals surface area contributed by atoms with Crippen molar-refractivity contribution in [2.24, 2.45) is 0 Å². The maximum atomic E-state index is 11.5. The van der Waals surface area contributed by atoms with Crippen LogP contribution in [-0.2, 0) is 10.0 Å². The molecule has 1 atom stereocenters. The minimum absolute atomic E-state index is 0.366. The number of hydrogen-bond donors (Lipinski definition) is 2. The highest BCUT2D eigenvalue weighted by molar-refractivity contribution is 7.92. The molecule has 0 bridgehead atoms. The van der Waals surface area contributed by atoms with Crippen molar-refractivity contribution >= 4 is 38.8 Å². The minimum Gasteiger partial charge on any atom is -0.513 e.